The van der Waals surface area contributed by atoms with Crippen LogP contribution in [-0.4, -0.2) is 10.1 Å². The summed E-state index contributed by atoms with van der Waals surface area (Å²) in [5, 5.41) is 12.9. The molecule has 0 spiro atoms. The molecule has 0 saturated carbocycles. The fourth-order valence-corrected chi connectivity index (χ4v) is 2.91. The number of phenols is 1. The molecule has 0 unspecified atom stereocenters. The molecule has 1 heterocycles. The number of benzene rings is 1. The van der Waals surface area contributed by atoms with E-state index in [2.05, 4.69) is 42.2 Å². The van der Waals surface area contributed by atoms with E-state index in [1.54, 1.807) is 6.20 Å². The maximum absolute atomic E-state index is 9.62. The molecule has 4 nitrogen and oxygen atoms in total. The number of aromatic nitrogens is 1. The van der Waals surface area contributed by atoms with Crippen molar-refractivity contribution in [2.24, 2.45) is 0 Å². The lowest BCUT2D eigenvalue weighted by Crippen LogP contribution is -2.12. The van der Waals surface area contributed by atoms with Gasteiger partial charge in [0.05, 0.1) is 21.7 Å². The monoisotopic (exact) mass is 388 g/mol. The van der Waals surface area contributed by atoms with Gasteiger partial charge in [-0.15, -0.1) is 0 Å². The summed E-state index contributed by atoms with van der Waals surface area (Å²) in [7, 11) is 0. The van der Waals surface area contributed by atoms with Gasteiger partial charge in [-0.3, -0.25) is 0 Å². The van der Waals surface area contributed by atoms with Crippen molar-refractivity contribution < 1.29 is 9.52 Å². The first-order valence-electron chi connectivity index (χ1n) is 5.91. The molecule has 19 heavy (non-hydrogen) atoms. The molecule has 2 N–H and O–H groups in total. The average molecular weight is 390 g/mol. The van der Waals surface area contributed by atoms with Crippen molar-refractivity contribution >= 4 is 31.9 Å². The van der Waals surface area contributed by atoms with Crippen molar-refractivity contribution in [3.05, 3.63) is 44.5 Å². The average Bonchev–Trinajstić information content (AvgIpc) is 2.84. The maximum atomic E-state index is 9.62. The Hall–Kier alpha value is -0.850. The summed E-state index contributed by atoms with van der Waals surface area (Å²) in [6.45, 7) is 3.28. The van der Waals surface area contributed by atoms with Crippen LogP contribution in [-0.2, 0) is 19.5 Å². The molecule has 0 aliphatic carbocycles. The van der Waals surface area contributed by atoms with Crippen molar-refractivity contribution in [3.8, 4) is 5.75 Å². The summed E-state index contributed by atoms with van der Waals surface area (Å²) < 4.78 is 6.84. The summed E-state index contributed by atoms with van der Waals surface area (Å²) in [6, 6.07) is 3.75. The molecule has 2 aromatic rings. The first-order chi connectivity index (χ1) is 9.10. The van der Waals surface area contributed by atoms with Gasteiger partial charge in [0.15, 0.2) is 0 Å². The van der Waals surface area contributed by atoms with Gasteiger partial charge in [-0.05, 0) is 49.6 Å². The van der Waals surface area contributed by atoms with Crippen molar-refractivity contribution in [1.29, 1.82) is 0 Å². The van der Waals surface area contributed by atoms with Gasteiger partial charge in [0, 0.05) is 13.0 Å². The molecule has 0 radical (unpaired) electrons. The van der Waals surface area contributed by atoms with Crippen LogP contribution in [0.15, 0.2) is 31.7 Å². The number of oxazole rings is 1. The van der Waals surface area contributed by atoms with Crippen molar-refractivity contribution in [3.63, 3.8) is 0 Å². The van der Waals surface area contributed by atoms with Crippen LogP contribution in [0.5, 0.6) is 5.75 Å². The first kappa shape index (κ1) is 14.6. The van der Waals surface area contributed by atoms with Crippen molar-refractivity contribution in [1.82, 2.24) is 10.3 Å². The molecular formula is C13H14Br2N2O2. The fraction of sp³-hybridized carbons (Fsp3) is 0.308. The topological polar surface area (TPSA) is 58.3 Å². The lowest BCUT2D eigenvalue weighted by molar-refractivity contribution is 0.438. The highest BCUT2D eigenvalue weighted by atomic mass is 79.9. The van der Waals surface area contributed by atoms with Crippen LogP contribution >= 0.6 is 31.9 Å². The summed E-state index contributed by atoms with van der Waals surface area (Å²) in [5.74, 6) is 1.80. The Bertz CT molecular complexity index is 547. The second kappa shape index (κ2) is 6.54. The van der Waals surface area contributed by atoms with Crippen LogP contribution in [0, 0.1) is 0 Å². The number of nitrogens with one attached hydrogen (secondary N) is 1. The van der Waals surface area contributed by atoms with Gasteiger partial charge < -0.3 is 14.8 Å². The molecule has 0 aliphatic rings. The smallest absolute Gasteiger partial charge is 0.208 e. The van der Waals surface area contributed by atoms with Gasteiger partial charge in [0.25, 0.3) is 0 Å². The zero-order valence-corrected chi connectivity index (χ0v) is 13.6. The Morgan fingerprint density at radius 2 is 1.95 bits per heavy atom. The van der Waals surface area contributed by atoms with E-state index in [0.29, 0.717) is 27.9 Å². The molecule has 0 aliphatic heterocycles. The molecular weight excluding hydrogens is 376 g/mol. The predicted molar refractivity (Wildman–Crippen MR) is 79.9 cm³/mol. The third-order valence-corrected chi connectivity index (χ3v) is 3.84. The Balaban J connectivity index is 1.92. The SMILES string of the molecule is CCc1cnc(CNCc2cc(Br)c(O)c(Br)c2)o1. The van der Waals surface area contributed by atoms with Gasteiger partial charge in [-0.1, -0.05) is 6.92 Å². The minimum atomic E-state index is 0.212. The van der Waals surface area contributed by atoms with Crippen LogP contribution < -0.4 is 5.32 Å². The number of hydrogen-bond donors (Lipinski definition) is 2. The molecule has 0 amide bonds. The van der Waals surface area contributed by atoms with Gasteiger partial charge >= 0.3 is 0 Å². The highest BCUT2D eigenvalue weighted by Crippen LogP contribution is 2.33. The number of hydrogen-bond acceptors (Lipinski definition) is 4. The molecule has 1 aromatic carbocycles. The first-order valence-corrected chi connectivity index (χ1v) is 7.50. The van der Waals surface area contributed by atoms with Crippen LogP contribution in [0.3, 0.4) is 0 Å². The highest BCUT2D eigenvalue weighted by molar-refractivity contribution is 9.11. The third-order valence-electron chi connectivity index (χ3n) is 2.63. The van der Waals surface area contributed by atoms with Crippen LogP contribution in [0.1, 0.15) is 24.1 Å². The number of nitrogens with zero attached hydrogens (tertiary/aromatic N) is 1. The quantitative estimate of drug-likeness (QED) is 0.817. The Labute approximate surface area is 128 Å². The lowest BCUT2D eigenvalue weighted by atomic mass is 10.2. The molecule has 6 heteroatoms. The zero-order valence-electron chi connectivity index (χ0n) is 10.4. The summed E-state index contributed by atoms with van der Waals surface area (Å²) >= 11 is 6.62. The predicted octanol–water partition coefficient (Wildman–Crippen LogP) is 3.76. The van der Waals surface area contributed by atoms with E-state index in [-0.39, 0.29) is 5.75 Å². The summed E-state index contributed by atoms with van der Waals surface area (Å²) in [4.78, 5) is 4.18. The Morgan fingerprint density at radius 1 is 1.26 bits per heavy atom. The number of aromatic hydroxyl groups is 1. The molecule has 102 valence electrons. The zero-order chi connectivity index (χ0) is 13.8. The Kier molecular flexibility index (Phi) is 5.01. The van der Waals surface area contributed by atoms with Gasteiger partial charge in [-0.25, -0.2) is 4.98 Å². The molecule has 0 saturated heterocycles. The molecule has 0 bridgehead atoms. The van der Waals surface area contributed by atoms with Gasteiger partial charge in [0.2, 0.25) is 5.89 Å². The molecule has 0 atom stereocenters. The van der Waals surface area contributed by atoms with E-state index in [4.69, 9.17) is 4.42 Å². The van der Waals surface area contributed by atoms with Crippen molar-refractivity contribution in [2.75, 3.05) is 0 Å². The van der Waals surface area contributed by atoms with E-state index in [1.165, 1.54) is 0 Å². The largest absolute Gasteiger partial charge is 0.506 e. The van der Waals surface area contributed by atoms with E-state index >= 15 is 0 Å². The Morgan fingerprint density at radius 3 is 2.53 bits per heavy atom. The molecule has 0 fully saturated rings. The van der Waals surface area contributed by atoms with Crippen molar-refractivity contribution in [2.45, 2.75) is 26.4 Å². The molecule has 2 rings (SSSR count). The lowest BCUT2D eigenvalue weighted by Gasteiger charge is -2.06. The maximum Gasteiger partial charge on any atom is 0.208 e. The van der Waals surface area contributed by atoms with Gasteiger partial charge in [0.1, 0.15) is 11.5 Å². The number of halogens is 2. The second-order valence-electron chi connectivity index (χ2n) is 4.09. The highest BCUT2D eigenvalue weighted by Gasteiger charge is 2.06. The number of rotatable bonds is 5. The van der Waals surface area contributed by atoms with Crippen LogP contribution in [0.25, 0.3) is 0 Å². The normalized spacial score (nSPS) is 10.9. The summed E-state index contributed by atoms with van der Waals surface area (Å²) in [5.41, 5.74) is 1.05. The van der Waals surface area contributed by atoms with E-state index in [9.17, 15) is 5.11 Å². The van der Waals surface area contributed by atoms with E-state index in [1.807, 2.05) is 19.1 Å². The number of aryl methyl sites for hydroxylation is 1. The third kappa shape index (κ3) is 3.81. The minimum absolute atomic E-state index is 0.212. The standard InChI is InChI=1S/C13H14Br2N2O2/c1-2-9-6-17-12(19-9)7-16-5-8-3-10(14)13(18)11(15)4-8/h3-4,6,16,18H,2,5,7H2,1H3. The summed E-state index contributed by atoms with van der Waals surface area (Å²) in [6.07, 6.45) is 2.61. The van der Waals surface area contributed by atoms with Crippen LogP contribution in [0.2, 0.25) is 0 Å². The van der Waals surface area contributed by atoms with Gasteiger partial charge in [-0.2, -0.15) is 0 Å². The fourth-order valence-electron chi connectivity index (χ4n) is 1.63. The van der Waals surface area contributed by atoms with E-state index < -0.39 is 0 Å². The van der Waals surface area contributed by atoms with Crippen LogP contribution in [0.4, 0.5) is 0 Å². The number of phenolic OH excluding ortho intramolecular Hbond substituents is 1. The molecule has 1 aromatic heterocycles. The van der Waals surface area contributed by atoms with E-state index in [0.717, 1.165) is 17.7 Å². The second-order valence-corrected chi connectivity index (χ2v) is 5.79. The minimum Gasteiger partial charge on any atom is -0.506 e.